The number of fused-ring (bicyclic) bond motifs is 5. The topological polar surface area (TPSA) is 156 Å². The van der Waals surface area contributed by atoms with Crippen LogP contribution in [0.3, 0.4) is 0 Å². The van der Waals surface area contributed by atoms with Crippen molar-refractivity contribution in [2.45, 2.75) is 25.7 Å². The number of rotatable bonds is 0. The van der Waals surface area contributed by atoms with Gasteiger partial charge in [-0.3, -0.25) is 9.40 Å². The number of aromatic nitrogens is 4. The van der Waals surface area contributed by atoms with Crippen LogP contribution in [0.2, 0.25) is 0 Å². The summed E-state index contributed by atoms with van der Waals surface area (Å²) in [5.41, 5.74) is 9.37. The lowest BCUT2D eigenvalue weighted by molar-refractivity contribution is 0.219. The van der Waals surface area contributed by atoms with E-state index in [1.807, 2.05) is 26.0 Å². The minimum absolute atomic E-state index is 0.109. The Bertz CT molecular complexity index is 1310. The number of aryl methyl sites for hydroxylation is 2. The van der Waals surface area contributed by atoms with Crippen molar-refractivity contribution >= 4 is 21.4 Å². The molecule has 0 aliphatic carbocycles. The van der Waals surface area contributed by atoms with Gasteiger partial charge in [-0.05, 0) is 19.9 Å². The molecule has 1 aromatic carbocycles. The summed E-state index contributed by atoms with van der Waals surface area (Å²) in [6.07, 6.45) is 0.898. The Morgan fingerprint density at radius 3 is 2.97 bits per heavy atom. The minimum Gasteiger partial charge on any atom is -0.467 e. The van der Waals surface area contributed by atoms with E-state index in [-0.39, 0.29) is 23.1 Å². The van der Waals surface area contributed by atoms with Crippen molar-refractivity contribution in [1.29, 1.82) is 10.0 Å². The maximum absolute atomic E-state index is 13.2. The van der Waals surface area contributed by atoms with E-state index in [4.69, 9.17) is 15.3 Å². The van der Waals surface area contributed by atoms with Gasteiger partial charge in [-0.25, -0.2) is 19.0 Å². The summed E-state index contributed by atoms with van der Waals surface area (Å²) in [5.74, 6) is 0.0123. The van der Waals surface area contributed by atoms with Crippen molar-refractivity contribution < 1.29 is 8.95 Å². The molecule has 1 aliphatic rings. The summed E-state index contributed by atoms with van der Waals surface area (Å²) in [7, 11) is -1.75. The van der Waals surface area contributed by atoms with Gasteiger partial charge < -0.3 is 10.5 Å². The van der Waals surface area contributed by atoms with Crippen LogP contribution >= 0.6 is 0 Å². The van der Waals surface area contributed by atoms with Crippen LogP contribution in [-0.2, 0) is 22.7 Å². The van der Waals surface area contributed by atoms with E-state index in [1.165, 1.54) is 10.9 Å². The second-order valence-corrected chi connectivity index (χ2v) is 8.97. The average molecular weight is 424 g/mol. The second kappa shape index (κ2) is 7.00. The predicted molar refractivity (Wildman–Crippen MR) is 112 cm³/mol. The van der Waals surface area contributed by atoms with Crippen LogP contribution in [0.5, 0.6) is 5.88 Å². The van der Waals surface area contributed by atoms with Crippen molar-refractivity contribution in [2.75, 3.05) is 10.5 Å². The lowest BCUT2D eigenvalue weighted by atomic mass is 10.1. The van der Waals surface area contributed by atoms with Gasteiger partial charge in [0.2, 0.25) is 0 Å². The number of nitriles is 1. The number of benzene rings is 1. The fraction of sp³-hybridized carbons (Fsp3) is 0.263. The number of ether oxygens (including phenoxy) is 1. The van der Waals surface area contributed by atoms with Crippen LogP contribution in [0, 0.1) is 23.0 Å². The van der Waals surface area contributed by atoms with Crippen molar-refractivity contribution in [3.63, 3.8) is 0 Å². The highest BCUT2D eigenvalue weighted by atomic mass is 32.2. The zero-order chi connectivity index (χ0) is 21.6. The average Bonchev–Trinajstić information content (AvgIpc) is 2.98. The van der Waals surface area contributed by atoms with Crippen LogP contribution in [0.25, 0.3) is 11.3 Å². The van der Waals surface area contributed by atoms with Crippen LogP contribution in [-0.4, -0.2) is 24.0 Å². The molecular weight excluding hydrogens is 404 g/mol. The molecule has 2 bridgehead atoms. The van der Waals surface area contributed by atoms with E-state index in [0.29, 0.717) is 28.2 Å². The molecule has 11 heteroatoms. The normalized spacial score (nSPS) is 20.4. The van der Waals surface area contributed by atoms with Crippen molar-refractivity contribution in [3.05, 3.63) is 46.9 Å². The molecule has 0 amide bonds. The van der Waals surface area contributed by atoms with E-state index in [0.717, 1.165) is 5.56 Å². The van der Waals surface area contributed by atoms with Gasteiger partial charge in [0.25, 0.3) is 5.88 Å². The fourth-order valence-corrected chi connectivity index (χ4v) is 4.62. The van der Waals surface area contributed by atoms with E-state index in [2.05, 4.69) is 25.9 Å². The molecule has 4 N–H and O–H groups in total. The Balaban J connectivity index is 2.00. The smallest absolute Gasteiger partial charge is 0.258 e. The number of nitrogen functional groups attached to an aromatic ring is 1. The molecule has 0 saturated carbocycles. The number of anilines is 2. The molecule has 2 atom stereocenters. The Morgan fingerprint density at radius 2 is 2.23 bits per heavy atom. The summed E-state index contributed by atoms with van der Waals surface area (Å²) in [5, 5.41) is 13.9. The Hall–Kier alpha value is -3.65. The standard InChI is InChI=1S/C19H20N8O2S/c1-10-4-5-13-12(6-10)11(2)29-19-18(21)23-8-14(24-19)17-15(9-30(22,28)26-13)25-27(3)16(17)7-20/h4-6,8,11H,9H2,1-3H3,(H2,21,23)(H2,22,26,28)/t11-,30?/m1/s1. The SMILES string of the molecule is Cc1ccc2c(c1)[C@@H](C)Oc1nc(cnc1N)-c1c(nn(C)c1C#N)CS(=N)(=O)N2. The second-order valence-electron chi connectivity index (χ2n) is 7.12. The first-order valence-electron chi connectivity index (χ1n) is 9.09. The summed E-state index contributed by atoms with van der Waals surface area (Å²) < 4.78 is 31.8. The fourth-order valence-electron chi connectivity index (χ4n) is 3.42. The Labute approximate surface area is 173 Å². The molecule has 1 unspecified atom stereocenters. The third kappa shape index (κ3) is 3.42. The van der Waals surface area contributed by atoms with Crippen LogP contribution < -0.4 is 15.2 Å². The zero-order valence-corrected chi connectivity index (χ0v) is 17.4. The first-order valence-corrected chi connectivity index (χ1v) is 10.8. The van der Waals surface area contributed by atoms with Crippen molar-refractivity contribution in [2.24, 2.45) is 7.05 Å². The molecular formula is C19H20N8O2S. The quantitative estimate of drug-likeness (QED) is 0.501. The molecule has 0 spiro atoms. The highest BCUT2D eigenvalue weighted by Crippen LogP contribution is 2.34. The summed E-state index contributed by atoms with van der Waals surface area (Å²) >= 11 is 0. The van der Waals surface area contributed by atoms with Gasteiger partial charge in [-0.2, -0.15) is 10.4 Å². The van der Waals surface area contributed by atoms with Gasteiger partial charge in [0.05, 0.1) is 34.6 Å². The highest BCUT2D eigenvalue weighted by Gasteiger charge is 2.26. The molecule has 0 fully saturated rings. The van der Waals surface area contributed by atoms with Crippen molar-refractivity contribution in [3.8, 4) is 23.2 Å². The van der Waals surface area contributed by atoms with Crippen LogP contribution in [0.1, 0.15) is 35.5 Å². The summed E-state index contributed by atoms with van der Waals surface area (Å²) in [6, 6.07) is 7.59. The Kier molecular flexibility index (Phi) is 4.58. The third-order valence-electron chi connectivity index (χ3n) is 4.80. The predicted octanol–water partition coefficient (Wildman–Crippen LogP) is 2.67. The van der Waals surface area contributed by atoms with Gasteiger partial charge >= 0.3 is 0 Å². The Morgan fingerprint density at radius 1 is 1.47 bits per heavy atom. The molecule has 0 radical (unpaired) electrons. The third-order valence-corrected chi connectivity index (χ3v) is 6.03. The molecule has 154 valence electrons. The number of nitrogens with two attached hydrogens (primary N) is 1. The first-order chi connectivity index (χ1) is 14.2. The number of nitrogens with one attached hydrogen (secondary N) is 2. The monoisotopic (exact) mass is 424 g/mol. The maximum Gasteiger partial charge on any atom is 0.258 e. The lowest BCUT2D eigenvalue weighted by Gasteiger charge is -2.21. The highest BCUT2D eigenvalue weighted by molar-refractivity contribution is 7.92. The van der Waals surface area contributed by atoms with E-state index >= 15 is 0 Å². The molecule has 30 heavy (non-hydrogen) atoms. The first kappa shape index (κ1) is 19.7. The van der Waals surface area contributed by atoms with Gasteiger partial charge in [0.1, 0.15) is 27.8 Å². The molecule has 2 aromatic heterocycles. The van der Waals surface area contributed by atoms with E-state index in [9.17, 15) is 9.47 Å². The zero-order valence-electron chi connectivity index (χ0n) is 16.6. The summed E-state index contributed by atoms with van der Waals surface area (Å²) in [4.78, 5) is 8.64. The van der Waals surface area contributed by atoms with Gasteiger partial charge in [-0.15, -0.1) is 0 Å². The summed E-state index contributed by atoms with van der Waals surface area (Å²) in [6.45, 7) is 3.74. The maximum atomic E-state index is 13.2. The van der Waals surface area contributed by atoms with Gasteiger partial charge in [0.15, 0.2) is 5.82 Å². The number of nitrogens with zero attached hydrogens (tertiary/aromatic N) is 5. The minimum atomic E-state index is -3.35. The number of hydrogen-bond donors (Lipinski definition) is 3. The lowest BCUT2D eigenvalue weighted by Crippen LogP contribution is -2.18. The molecule has 0 saturated heterocycles. The van der Waals surface area contributed by atoms with Crippen LogP contribution in [0.15, 0.2) is 24.4 Å². The molecule has 4 rings (SSSR count). The van der Waals surface area contributed by atoms with Crippen LogP contribution in [0.4, 0.5) is 11.5 Å². The molecule has 3 heterocycles. The van der Waals surface area contributed by atoms with Crippen molar-refractivity contribution in [1.82, 2.24) is 19.7 Å². The molecule has 3 aromatic rings. The van der Waals surface area contributed by atoms with E-state index in [1.54, 1.807) is 13.1 Å². The number of hydrogen-bond acceptors (Lipinski definition) is 8. The van der Waals surface area contributed by atoms with E-state index < -0.39 is 16.0 Å². The largest absolute Gasteiger partial charge is 0.467 e. The molecule has 1 aliphatic heterocycles. The molecule has 10 nitrogen and oxygen atoms in total. The van der Waals surface area contributed by atoms with Gasteiger partial charge in [0, 0.05) is 12.6 Å². The van der Waals surface area contributed by atoms with Gasteiger partial charge in [-0.1, -0.05) is 17.7 Å².